The van der Waals surface area contributed by atoms with Crippen LogP contribution in [-0.2, 0) is 6.54 Å². The summed E-state index contributed by atoms with van der Waals surface area (Å²) in [5.74, 6) is 1.56. The molecule has 3 aromatic rings. The van der Waals surface area contributed by atoms with E-state index >= 15 is 0 Å². The highest BCUT2D eigenvalue weighted by Gasteiger charge is 2.05. The van der Waals surface area contributed by atoms with Crippen molar-refractivity contribution in [2.24, 2.45) is 0 Å². The van der Waals surface area contributed by atoms with Crippen LogP contribution >= 0.6 is 0 Å². The fourth-order valence-corrected chi connectivity index (χ4v) is 2.33. The van der Waals surface area contributed by atoms with Gasteiger partial charge in [0.15, 0.2) is 0 Å². The summed E-state index contributed by atoms with van der Waals surface area (Å²) >= 11 is 0. The Labute approximate surface area is 145 Å². The second-order valence-electron chi connectivity index (χ2n) is 5.44. The van der Waals surface area contributed by atoms with E-state index in [1.165, 1.54) is 6.07 Å². The van der Waals surface area contributed by atoms with Gasteiger partial charge in [0.05, 0.1) is 11.6 Å². The quantitative estimate of drug-likeness (QED) is 0.734. The highest BCUT2D eigenvalue weighted by atomic mass is 19.1. The van der Waals surface area contributed by atoms with Crippen molar-refractivity contribution in [2.45, 2.75) is 13.5 Å². The Kier molecular flexibility index (Phi) is 4.86. The van der Waals surface area contributed by atoms with Gasteiger partial charge in [-0.2, -0.15) is 5.26 Å². The Bertz CT molecular complexity index is 916. The van der Waals surface area contributed by atoms with Gasteiger partial charge in [-0.15, -0.1) is 0 Å². The first kappa shape index (κ1) is 16.4. The van der Waals surface area contributed by atoms with Crippen molar-refractivity contribution in [2.75, 3.05) is 10.6 Å². The molecule has 124 valence electrons. The van der Waals surface area contributed by atoms with Crippen molar-refractivity contribution >= 4 is 17.3 Å². The van der Waals surface area contributed by atoms with Crippen LogP contribution in [-0.4, -0.2) is 9.97 Å². The number of halogens is 1. The normalized spacial score (nSPS) is 10.1. The van der Waals surface area contributed by atoms with Gasteiger partial charge in [0.1, 0.15) is 23.3 Å². The lowest BCUT2D eigenvalue weighted by Gasteiger charge is -2.11. The van der Waals surface area contributed by atoms with E-state index in [1.54, 1.807) is 43.3 Å². The standard InChI is InChI=1S/C19H16FN5/c1-13-23-18(22-12-15-4-2-3-5-17(15)20)10-19(24-13)25-16-8-6-14(11-21)7-9-16/h2-10H,12H2,1H3,(H2,22,23,24,25). The number of rotatable bonds is 5. The molecule has 3 rings (SSSR count). The Morgan fingerprint density at radius 1 is 1.04 bits per heavy atom. The number of nitriles is 1. The molecule has 0 saturated carbocycles. The third-order valence-electron chi connectivity index (χ3n) is 3.54. The van der Waals surface area contributed by atoms with Crippen molar-refractivity contribution in [3.63, 3.8) is 0 Å². The average molecular weight is 333 g/mol. The van der Waals surface area contributed by atoms with Crippen molar-refractivity contribution in [1.82, 2.24) is 9.97 Å². The first-order chi connectivity index (χ1) is 12.1. The molecule has 1 aromatic heterocycles. The highest BCUT2D eigenvalue weighted by Crippen LogP contribution is 2.18. The average Bonchev–Trinajstić information content (AvgIpc) is 2.61. The van der Waals surface area contributed by atoms with Crippen LogP contribution in [0.5, 0.6) is 0 Å². The molecule has 0 bridgehead atoms. The van der Waals surface area contributed by atoms with Crippen LogP contribution in [0.1, 0.15) is 17.0 Å². The molecule has 25 heavy (non-hydrogen) atoms. The summed E-state index contributed by atoms with van der Waals surface area (Å²) < 4.78 is 13.7. The zero-order valence-electron chi connectivity index (χ0n) is 13.6. The maximum atomic E-state index is 13.7. The summed E-state index contributed by atoms with van der Waals surface area (Å²) in [5, 5.41) is 15.1. The molecule has 1 heterocycles. The van der Waals surface area contributed by atoms with E-state index in [4.69, 9.17) is 5.26 Å². The van der Waals surface area contributed by atoms with Gasteiger partial charge in [0, 0.05) is 23.9 Å². The number of hydrogen-bond donors (Lipinski definition) is 2. The lowest BCUT2D eigenvalue weighted by molar-refractivity contribution is 0.613. The smallest absolute Gasteiger partial charge is 0.136 e. The maximum Gasteiger partial charge on any atom is 0.136 e. The van der Waals surface area contributed by atoms with Crippen LogP contribution in [0.3, 0.4) is 0 Å². The highest BCUT2D eigenvalue weighted by molar-refractivity contribution is 5.60. The summed E-state index contributed by atoms with van der Waals surface area (Å²) in [4.78, 5) is 8.66. The van der Waals surface area contributed by atoms with E-state index in [0.717, 1.165) is 5.69 Å². The van der Waals surface area contributed by atoms with E-state index in [-0.39, 0.29) is 5.82 Å². The van der Waals surface area contributed by atoms with Crippen molar-refractivity contribution in [3.8, 4) is 6.07 Å². The molecule has 0 unspecified atom stereocenters. The van der Waals surface area contributed by atoms with Crippen molar-refractivity contribution < 1.29 is 4.39 Å². The van der Waals surface area contributed by atoms with Gasteiger partial charge in [0.25, 0.3) is 0 Å². The Hall–Kier alpha value is -3.46. The molecule has 0 amide bonds. The van der Waals surface area contributed by atoms with Gasteiger partial charge in [-0.3, -0.25) is 0 Å². The zero-order chi connectivity index (χ0) is 17.6. The molecule has 0 spiro atoms. The summed E-state index contributed by atoms with van der Waals surface area (Å²) in [6.45, 7) is 2.12. The molecule has 2 N–H and O–H groups in total. The van der Waals surface area contributed by atoms with Crippen molar-refractivity contribution in [3.05, 3.63) is 77.4 Å². The lowest BCUT2D eigenvalue weighted by Crippen LogP contribution is -2.06. The van der Waals surface area contributed by atoms with E-state index < -0.39 is 0 Å². The van der Waals surface area contributed by atoms with Gasteiger partial charge in [-0.1, -0.05) is 18.2 Å². The van der Waals surface area contributed by atoms with Gasteiger partial charge in [-0.25, -0.2) is 14.4 Å². The molecule has 0 fully saturated rings. The minimum Gasteiger partial charge on any atom is -0.366 e. The van der Waals surface area contributed by atoms with Crippen LogP contribution in [0.25, 0.3) is 0 Å². The lowest BCUT2D eigenvalue weighted by atomic mass is 10.2. The number of benzene rings is 2. The molecule has 5 nitrogen and oxygen atoms in total. The summed E-state index contributed by atoms with van der Waals surface area (Å²) in [5.41, 5.74) is 1.98. The predicted octanol–water partition coefficient (Wildman–Crippen LogP) is 4.15. The molecule has 6 heteroatoms. The minimum absolute atomic E-state index is 0.253. The number of nitrogens with one attached hydrogen (secondary N) is 2. The van der Waals surface area contributed by atoms with Crippen LogP contribution in [0, 0.1) is 24.1 Å². The Morgan fingerprint density at radius 2 is 1.76 bits per heavy atom. The largest absolute Gasteiger partial charge is 0.366 e. The van der Waals surface area contributed by atoms with Gasteiger partial charge in [0.2, 0.25) is 0 Å². The Morgan fingerprint density at radius 3 is 2.48 bits per heavy atom. The molecule has 0 aliphatic heterocycles. The van der Waals surface area contributed by atoms with Crippen LogP contribution in [0.4, 0.5) is 21.7 Å². The molecular weight excluding hydrogens is 317 g/mol. The monoisotopic (exact) mass is 333 g/mol. The first-order valence-corrected chi connectivity index (χ1v) is 7.74. The molecule has 0 saturated heterocycles. The molecule has 0 aliphatic rings. The SMILES string of the molecule is Cc1nc(NCc2ccccc2F)cc(Nc2ccc(C#N)cc2)n1. The van der Waals surface area contributed by atoms with E-state index in [9.17, 15) is 4.39 Å². The topological polar surface area (TPSA) is 73.6 Å². The fraction of sp³-hybridized carbons (Fsp3) is 0.105. The maximum absolute atomic E-state index is 13.7. The van der Waals surface area contributed by atoms with E-state index in [0.29, 0.717) is 35.1 Å². The summed E-state index contributed by atoms with van der Waals surface area (Å²) in [6, 6.07) is 17.5. The molecule has 0 atom stereocenters. The van der Waals surface area contributed by atoms with Gasteiger partial charge < -0.3 is 10.6 Å². The number of aromatic nitrogens is 2. The molecule has 0 aliphatic carbocycles. The second-order valence-corrected chi connectivity index (χ2v) is 5.44. The summed E-state index contributed by atoms with van der Waals surface area (Å²) in [6.07, 6.45) is 0. The number of nitrogens with zero attached hydrogens (tertiary/aromatic N) is 3. The number of anilines is 3. The molecular formula is C19H16FN5. The van der Waals surface area contributed by atoms with E-state index in [2.05, 4.69) is 26.7 Å². The van der Waals surface area contributed by atoms with E-state index in [1.807, 2.05) is 12.1 Å². The molecule has 2 aromatic carbocycles. The predicted molar refractivity (Wildman–Crippen MR) is 94.9 cm³/mol. The third-order valence-corrected chi connectivity index (χ3v) is 3.54. The second kappa shape index (κ2) is 7.41. The Balaban J connectivity index is 1.73. The van der Waals surface area contributed by atoms with Gasteiger partial charge >= 0.3 is 0 Å². The van der Waals surface area contributed by atoms with Crippen LogP contribution in [0.2, 0.25) is 0 Å². The minimum atomic E-state index is -0.253. The zero-order valence-corrected chi connectivity index (χ0v) is 13.6. The number of hydrogen-bond acceptors (Lipinski definition) is 5. The van der Waals surface area contributed by atoms with Gasteiger partial charge in [-0.05, 0) is 37.3 Å². The molecule has 0 radical (unpaired) electrons. The summed E-state index contributed by atoms with van der Waals surface area (Å²) in [7, 11) is 0. The van der Waals surface area contributed by atoms with Crippen LogP contribution < -0.4 is 10.6 Å². The van der Waals surface area contributed by atoms with Crippen molar-refractivity contribution in [1.29, 1.82) is 5.26 Å². The fourth-order valence-electron chi connectivity index (χ4n) is 2.33. The first-order valence-electron chi connectivity index (χ1n) is 7.74. The number of aryl methyl sites for hydroxylation is 1. The third kappa shape index (κ3) is 4.30. The van der Waals surface area contributed by atoms with Crippen LogP contribution in [0.15, 0.2) is 54.6 Å².